The quantitative estimate of drug-likeness (QED) is 0.451. The van der Waals surface area contributed by atoms with Crippen LogP contribution >= 0.6 is 23.2 Å². The maximum Gasteiger partial charge on any atom is 0.323 e. The first-order valence-corrected chi connectivity index (χ1v) is 10.1. The van der Waals surface area contributed by atoms with Gasteiger partial charge in [0.05, 0.1) is 47.4 Å². The molecule has 0 atom stereocenters. The van der Waals surface area contributed by atoms with Crippen LogP contribution in [0.3, 0.4) is 0 Å². The van der Waals surface area contributed by atoms with Gasteiger partial charge in [-0.25, -0.2) is 19.3 Å². The molecule has 160 valence electrons. The lowest BCUT2D eigenvalue weighted by Gasteiger charge is -2.24. The van der Waals surface area contributed by atoms with Crippen LogP contribution < -0.4 is 15.5 Å². The van der Waals surface area contributed by atoms with E-state index in [2.05, 4.69) is 40.8 Å². The minimum Gasteiger partial charge on any atom is -0.367 e. The van der Waals surface area contributed by atoms with Gasteiger partial charge >= 0.3 is 6.03 Å². The Bertz CT molecular complexity index is 1220. The first-order chi connectivity index (χ1) is 15.0. The third kappa shape index (κ3) is 4.23. The molecule has 0 aliphatic heterocycles. The Morgan fingerprint density at radius 1 is 1.10 bits per heavy atom. The van der Waals surface area contributed by atoms with Gasteiger partial charge in [0.25, 0.3) is 0 Å². The van der Waals surface area contributed by atoms with Crippen LogP contribution in [0.25, 0.3) is 11.5 Å². The van der Waals surface area contributed by atoms with Crippen LogP contribution in [-0.4, -0.2) is 53.7 Å². The predicted molar refractivity (Wildman–Crippen MR) is 118 cm³/mol. The summed E-state index contributed by atoms with van der Waals surface area (Å²) in [4.78, 5) is 24.6. The van der Waals surface area contributed by atoms with Gasteiger partial charge in [-0.05, 0) is 19.9 Å². The van der Waals surface area contributed by atoms with Crippen molar-refractivity contribution in [2.75, 3.05) is 28.6 Å². The molecule has 31 heavy (non-hydrogen) atoms. The van der Waals surface area contributed by atoms with E-state index in [4.69, 9.17) is 23.2 Å². The van der Waals surface area contributed by atoms with Crippen molar-refractivity contribution in [3.05, 3.63) is 47.2 Å². The molecule has 2 N–H and O–H groups in total. The van der Waals surface area contributed by atoms with E-state index in [1.807, 2.05) is 13.8 Å². The normalized spacial score (nSPS) is 11.0. The number of hydrogen-bond acceptors (Lipinski definition) is 7. The second kappa shape index (κ2) is 8.74. The number of nitrogens with one attached hydrogen (secondary N) is 2. The molecule has 0 aliphatic carbocycles. The Labute approximate surface area is 187 Å². The van der Waals surface area contributed by atoms with Crippen LogP contribution in [0.15, 0.2) is 37.1 Å². The summed E-state index contributed by atoms with van der Waals surface area (Å²) in [7, 11) is 0. The Balaban J connectivity index is 1.58. The molecule has 0 fully saturated rings. The molecule has 0 saturated carbocycles. The lowest BCUT2D eigenvalue weighted by molar-refractivity contribution is 0.262. The van der Waals surface area contributed by atoms with Crippen LogP contribution in [-0.2, 0) is 0 Å². The Morgan fingerprint density at radius 2 is 1.84 bits per heavy atom. The van der Waals surface area contributed by atoms with E-state index in [9.17, 15) is 4.79 Å². The summed E-state index contributed by atoms with van der Waals surface area (Å²) >= 11 is 12.3. The monoisotopic (exact) mass is 460 g/mol. The average molecular weight is 461 g/mol. The maximum absolute atomic E-state index is 12.7. The molecular formula is C18H18Cl2N10O. The zero-order valence-electron chi connectivity index (χ0n) is 16.6. The zero-order valence-corrected chi connectivity index (χ0v) is 18.1. The Kier molecular flexibility index (Phi) is 5.87. The third-order valence-corrected chi connectivity index (χ3v) is 4.91. The van der Waals surface area contributed by atoms with Crippen LogP contribution in [0.1, 0.15) is 13.8 Å². The van der Waals surface area contributed by atoms with Crippen molar-refractivity contribution in [2.45, 2.75) is 13.8 Å². The van der Waals surface area contributed by atoms with Gasteiger partial charge in [0, 0.05) is 13.1 Å². The molecule has 4 rings (SSSR count). The van der Waals surface area contributed by atoms with Crippen LogP contribution in [0.4, 0.5) is 21.9 Å². The molecule has 0 aliphatic rings. The smallest absolute Gasteiger partial charge is 0.323 e. The first kappa shape index (κ1) is 20.8. The summed E-state index contributed by atoms with van der Waals surface area (Å²) in [6.07, 6.45) is 7.66. The van der Waals surface area contributed by atoms with Gasteiger partial charge in [0.15, 0.2) is 11.5 Å². The van der Waals surface area contributed by atoms with Crippen molar-refractivity contribution in [3.63, 3.8) is 0 Å². The predicted octanol–water partition coefficient (Wildman–Crippen LogP) is 3.50. The fourth-order valence-electron chi connectivity index (χ4n) is 3.09. The van der Waals surface area contributed by atoms with Gasteiger partial charge in [-0.3, -0.25) is 0 Å². The Morgan fingerprint density at radius 3 is 2.52 bits per heavy atom. The van der Waals surface area contributed by atoms with E-state index in [0.29, 0.717) is 41.1 Å². The molecule has 0 aromatic carbocycles. The number of nitrogens with zero attached hydrogens (tertiary/aromatic N) is 8. The van der Waals surface area contributed by atoms with E-state index >= 15 is 0 Å². The van der Waals surface area contributed by atoms with E-state index in [1.165, 1.54) is 23.4 Å². The number of fused-ring (bicyclic) bond motifs is 1. The number of hydrogen-bond donors (Lipinski definition) is 2. The van der Waals surface area contributed by atoms with E-state index in [1.54, 1.807) is 23.0 Å². The topological polar surface area (TPSA) is 118 Å². The van der Waals surface area contributed by atoms with Crippen LogP contribution in [0.2, 0.25) is 10.2 Å². The number of rotatable bonds is 6. The molecule has 13 heteroatoms. The summed E-state index contributed by atoms with van der Waals surface area (Å²) in [5.74, 6) is 0.354. The summed E-state index contributed by atoms with van der Waals surface area (Å²) in [6.45, 7) is 5.44. The van der Waals surface area contributed by atoms with Gasteiger partial charge in [0.2, 0.25) is 0 Å². The van der Waals surface area contributed by atoms with Gasteiger partial charge in [-0.1, -0.05) is 23.2 Å². The zero-order chi connectivity index (χ0) is 22.0. The highest BCUT2D eigenvalue weighted by Crippen LogP contribution is 2.30. The second-order valence-corrected chi connectivity index (χ2v) is 7.13. The molecule has 11 nitrogen and oxygen atoms in total. The molecule has 2 amide bonds. The highest BCUT2D eigenvalue weighted by atomic mass is 35.5. The number of imidazole rings is 1. The van der Waals surface area contributed by atoms with Crippen molar-refractivity contribution in [1.82, 2.24) is 34.6 Å². The maximum atomic E-state index is 12.7. The van der Waals surface area contributed by atoms with E-state index < -0.39 is 6.03 Å². The third-order valence-electron chi connectivity index (χ3n) is 4.45. The minimum absolute atomic E-state index is 0.285. The standard InChI is InChI=1S/C18H18Cl2N10O/c1-3-28(4-2)15-13(9-24-29-10-14(20)27-17(15)29)26-18(31)25-11-7-12(19)16(21-8-11)30-22-5-6-23-30/h5-10H,3-4H2,1-2H3,(H2,25,26,31). The molecule has 0 saturated heterocycles. The van der Waals surface area contributed by atoms with E-state index in [0.717, 1.165) is 5.69 Å². The average Bonchev–Trinajstić information content (AvgIpc) is 3.39. The number of amides is 2. The Hall–Kier alpha value is -3.44. The SMILES string of the molecule is CCN(CC)c1c(NC(=O)Nc2cnc(-n3nccn3)c(Cl)c2)cnn2cc(Cl)nc12. The summed E-state index contributed by atoms with van der Waals surface area (Å²) < 4.78 is 1.57. The first-order valence-electron chi connectivity index (χ1n) is 9.39. The van der Waals surface area contributed by atoms with Crippen molar-refractivity contribution < 1.29 is 4.79 Å². The number of aromatic nitrogens is 7. The summed E-state index contributed by atoms with van der Waals surface area (Å²) in [6, 6.07) is 1.08. The molecule has 0 radical (unpaired) electrons. The highest BCUT2D eigenvalue weighted by Gasteiger charge is 2.19. The minimum atomic E-state index is -0.486. The number of anilines is 3. The number of halogens is 2. The van der Waals surface area contributed by atoms with Gasteiger partial charge < -0.3 is 15.5 Å². The molecule has 4 aromatic heterocycles. The summed E-state index contributed by atoms with van der Waals surface area (Å²) in [5.41, 5.74) is 2.17. The highest BCUT2D eigenvalue weighted by molar-refractivity contribution is 6.32. The van der Waals surface area contributed by atoms with Crippen molar-refractivity contribution in [1.29, 1.82) is 0 Å². The summed E-state index contributed by atoms with van der Waals surface area (Å²) in [5, 5.41) is 18.4. The van der Waals surface area contributed by atoms with E-state index in [-0.39, 0.29) is 5.02 Å². The lowest BCUT2D eigenvalue weighted by atomic mass is 10.3. The van der Waals surface area contributed by atoms with Gasteiger partial charge in [-0.2, -0.15) is 15.3 Å². The molecule has 0 unspecified atom stereocenters. The fraction of sp³-hybridized carbons (Fsp3) is 0.222. The van der Waals surface area contributed by atoms with Crippen molar-refractivity contribution >= 4 is 51.9 Å². The number of urea groups is 1. The van der Waals surface area contributed by atoms with Crippen LogP contribution in [0.5, 0.6) is 0 Å². The molecule has 0 bridgehead atoms. The molecule has 0 spiro atoms. The number of pyridine rings is 1. The van der Waals surface area contributed by atoms with Gasteiger partial charge in [0.1, 0.15) is 10.8 Å². The fourth-order valence-corrected chi connectivity index (χ4v) is 3.51. The van der Waals surface area contributed by atoms with Gasteiger partial charge in [-0.15, -0.1) is 4.80 Å². The second-order valence-electron chi connectivity index (χ2n) is 6.34. The number of carbonyl (C=O) groups excluding carboxylic acids is 1. The lowest BCUT2D eigenvalue weighted by Crippen LogP contribution is -2.27. The molecular weight excluding hydrogens is 443 g/mol. The van der Waals surface area contributed by atoms with Crippen molar-refractivity contribution in [3.8, 4) is 5.82 Å². The largest absolute Gasteiger partial charge is 0.367 e. The number of carbonyl (C=O) groups is 1. The van der Waals surface area contributed by atoms with Crippen molar-refractivity contribution in [2.24, 2.45) is 0 Å². The molecule has 4 aromatic rings. The molecule has 4 heterocycles. The van der Waals surface area contributed by atoms with Crippen LogP contribution in [0, 0.1) is 0 Å².